The number of carbonyl (C=O) groups excluding carboxylic acids is 2. The highest BCUT2D eigenvalue weighted by atomic mass is 19.4. The van der Waals surface area contributed by atoms with Gasteiger partial charge < -0.3 is 15.5 Å². The molecule has 2 aliphatic rings. The summed E-state index contributed by atoms with van der Waals surface area (Å²) in [6, 6.07) is 3.15. The molecule has 8 heteroatoms. The average Bonchev–Trinajstić information content (AvgIpc) is 3.05. The van der Waals surface area contributed by atoms with Crippen molar-refractivity contribution in [3.63, 3.8) is 0 Å². The Bertz CT molecular complexity index is 685. The maximum absolute atomic E-state index is 13.2. The normalized spacial score (nSPS) is 21.1. The van der Waals surface area contributed by atoms with Crippen LogP contribution in [0.1, 0.15) is 41.6 Å². The van der Waals surface area contributed by atoms with Crippen molar-refractivity contribution in [3.05, 3.63) is 29.3 Å². The fourth-order valence-electron chi connectivity index (χ4n) is 3.42. The molecule has 0 aliphatic carbocycles. The summed E-state index contributed by atoms with van der Waals surface area (Å²) < 4.78 is 39.7. The first-order chi connectivity index (χ1) is 12.3. The Labute approximate surface area is 149 Å². The lowest BCUT2D eigenvalue weighted by Gasteiger charge is -2.23. The van der Waals surface area contributed by atoms with Gasteiger partial charge in [0.2, 0.25) is 5.91 Å². The van der Waals surface area contributed by atoms with Crippen molar-refractivity contribution in [2.45, 2.75) is 31.9 Å². The number of benzene rings is 1. The molecule has 3 rings (SSSR count). The molecule has 0 aromatic heterocycles. The van der Waals surface area contributed by atoms with Gasteiger partial charge in [0.15, 0.2) is 0 Å². The number of hydrogen-bond donors (Lipinski definition) is 2. The summed E-state index contributed by atoms with van der Waals surface area (Å²) in [4.78, 5) is 25.6. The van der Waals surface area contributed by atoms with Gasteiger partial charge in [-0.25, -0.2) is 0 Å². The van der Waals surface area contributed by atoms with Gasteiger partial charge in [-0.05, 0) is 56.5 Å². The Morgan fingerprint density at radius 1 is 1.27 bits per heavy atom. The molecule has 1 unspecified atom stereocenters. The molecule has 2 fully saturated rings. The Balaban J connectivity index is 1.80. The topological polar surface area (TPSA) is 61.4 Å². The Kier molecular flexibility index (Phi) is 5.50. The second-order valence-electron chi connectivity index (χ2n) is 6.84. The first-order valence-electron chi connectivity index (χ1n) is 8.86. The molecule has 0 spiro atoms. The molecule has 1 aromatic carbocycles. The van der Waals surface area contributed by atoms with Crippen LogP contribution in [0.15, 0.2) is 18.2 Å². The number of nitrogens with one attached hydrogen (secondary N) is 2. The van der Waals surface area contributed by atoms with Crippen molar-refractivity contribution < 1.29 is 22.8 Å². The second-order valence-corrected chi connectivity index (χ2v) is 6.84. The number of piperidine rings is 1. The number of anilines is 1. The van der Waals surface area contributed by atoms with E-state index < -0.39 is 17.6 Å². The number of hydrogen-bond acceptors (Lipinski definition) is 3. The number of halogens is 3. The average molecular weight is 369 g/mol. The largest absolute Gasteiger partial charge is 0.416 e. The van der Waals surface area contributed by atoms with Crippen LogP contribution in [0.4, 0.5) is 18.9 Å². The summed E-state index contributed by atoms with van der Waals surface area (Å²) in [5.74, 6) is -0.489. The third-order valence-corrected chi connectivity index (χ3v) is 4.84. The molecular formula is C18H22F3N3O2. The molecule has 0 saturated carbocycles. The van der Waals surface area contributed by atoms with Crippen molar-refractivity contribution >= 4 is 17.5 Å². The minimum atomic E-state index is -4.58. The van der Waals surface area contributed by atoms with E-state index in [2.05, 4.69) is 10.6 Å². The molecule has 26 heavy (non-hydrogen) atoms. The van der Waals surface area contributed by atoms with Crippen LogP contribution in [-0.4, -0.2) is 38.0 Å². The molecule has 5 nitrogen and oxygen atoms in total. The van der Waals surface area contributed by atoms with Gasteiger partial charge in [0.1, 0.15) is 0 Å². The molecule has 2 aliphatic heterocycles. The van der Waals surface area contributed by atoms with Gasteiger partial charge in [-0.1, -0.05) is 0 Å². The SMILES string of the molecule is O=C(NCC1CCCNC1)c1cc(N2CCCC2=O)cc(C(F)(F)F)c1. The smallest absolute Gasteiger partial charge is 0.352 e. The highest BCUT2D eigenvalue weighted by Gasteiger charge is 2.33. The molecule has 2 N–H and O–H groups in total. The van der Waals surface area contributed by atoms with E-state index in [-0.39, 0.29) is 23.1 Å². The van der Waals surface area contributed by atoms with Crippen LogP contribution in [0.5, 0.6) is 0 Å². The number of rotatable bonds is 4. The molecule has 0 bridgehead atoms. The Morgan fingerprint density at radius 2 is 2.08 bits per heavy atom. The van der Waals surface area contributed by atoms with Gasteiger partial charge in [-0.2, -0.15) is 13.2 Å². The standard InChI is InChI=1S/C18H22F3N3O2/c19-18(20,21)14-7-13(8-15(9-14)24-6-2-4-16(24)25)17(26)23-11-12-3-1-5-22-10-12/h7-9,12,22H,1-6,10-11H2,(H,23,26). The van der Waals surface area contributed by atoms with Crippen molar-refractivity contribution in [2.75, 3.05) is 31.1 Å². The quantitative estimate of drug-likeness (QED) is 0.858. The third kappa shape index (κ3) is 4.35. The zero-order valence-corrected chi connectivity index (χ0v) is 14.4. The fourth-order valence-corrected chi connectivity index (χ4v) is 3.42. The molecule has 2 amide bonds. The van der Waals surface area contributed by atoms with Gasteiger partial charge in [0, 0.05) is 30.8 Å². The van der Waals surface area contributed by atoms with Crippen LogP contribution in [0.2, 0.25) is 0 Å². The van der Waals surface area contributed by atoms with Crippen LogP contribution in [-0.2, 0) is 11.0 Å². The van der Waals surface area contributed by atoms with E-state index in [4.69, 9.17) is 0 Å². The number of amides is 2. The van der Waals surface area contributed by atoms with Crippen molar-refractivity contribution in [1.29, 1.82) is 0 Å². The molecule has 1 aromatic rings. The lowest BCUT2D eigenvalue weighted by Crippen LogP contribution is -2.38. The maximum atomic E-state index is 13.2. The summed E-state index contributed by atoms with van der Waals surface area (Å²) in [5, 5.41) is 5.96. The second kappa shape index (κ2) is 7.65. The van der Waals surface area contributed by atoms with Gasteiger partial charge in [-0.3, -0.25) is 9.59 Å². The van der Waals surface area contributed by atoms with Gasteiger partial charge >= 0.3 is 6.18 Å². The summed E-state index contributed by atoms with van der Waals surface area (Å²) in [7, 11) is 0. The monoisotopic (exact) mass is 369 g/mol. The zero-order chi connectivity index (χ0) is 18.7. The number of alkyl halides is 3. The van der Waals surface area contributed by atoms with E-state index in [9.17, 15) is 22.8 Å². The van der Waals surface area contributed by atoms with Crippen molar-refractivity contribution in [2.24, 2.45) is 5.92 Å². The van der Waals surface area contributed by atoms with Crippen LogP contribution in [0.3, 0.4) is 0 Å². The molecule has 2 heterocycles. The molecule has 2 saturated heterocycles. The predicted octanol–water partition coefficient (Wildman–Crippen LogP) is 2.56. The first kappa shape index (κ1) is 18.7. The van der Waals surface area contributed by atoms with Crippen molar-refractivity contribution in [3.8, 4) is 0 Å². The highest BCUT2D eigenvalue weighted by Crippen LogP contribution is 2.34. The Hall–Kier alpha value is -2.09. The van der Waals surface area contributed by atoms with Gasteiger partial charge in [0.05, 0.1) is 5.56 Å². The molecule has 1 atom stereocenters. The summed E-state index contributed by atoms with van der Waals surface area (Å²) in [6.45, 7) is 2.52. The van der Waals surface area contributed by atoms with Crippen LogP contribution in [0, 0.1) is 5.92 Å². The molecular weight excluding hydrogens is 347 g/mol. The third-order valence-electron chi connectivity index (χ3n) is 4.84. The van der Waals surface area contributed by atoms with E-state index in [1.54, 1.807) is 0 Å². The number of nitrogens with zero attached hydrogens (tertiary/aromatic N) is 1. The van der Waals surface area contributed by atoms with E-state index in [0.717, 1.165) is 38.1 Å². The van der Waals surface area contributed by atoms with Gasteiger partial charge in [0.25, 0.3) is 5.91 Å². The first-order valence-corrected chi connectivity index (χ1v) is 8.86. The van der Waals surface area contributed by atoms with E-state index in [1.165, 1.54) is 11.0 Å². The van der Waals surface area contributed by atoms with Crippen LogP contribution in [0.25, 0.3) is 0 Å². The van der Waals surface area contributed by atoms with Gasteiger partial charge in [-0.15, -0.1) is 0 Å². The zero-order valence-electron chi connectivity index (χ0n) is 14.4. The van der Waals surface area contributed by atoms with Crippen LogP contribution >= 0.6 is 0 Å². The van der Waals surface area contributed by atoms with Crippen LogP contribution < -0.4 is 15.5 Å². The molecule has 0 radical (unpaired) electrons. The summed E-state index contributed by atoms with van der Waals surface area (Å²) >= 11 is 0. The Morgan fingerprint density at radius 3 is 2.69 bits per heavy atom. The molecule has 142 valence electrons. The summed E-state index contributed by atoms with van der Waals surface area (Å²) in [5.41, 5.74) is -0.857. The minimum Gasteiger partial charge on any atom is -0.352 e. The fraction of sp³-hybridized carbons (Fsp3) is 0.556. The highest BCUT2D eigenvalue weighted by molar-refractivity contribution is 5.99. The predicted molar refractivity (Wildman–Crippen MR) is 91.0 cm³/mol. The van der Waals surface area contributed by atoms with Crippen molar-refractivity contribution in [1.82, 2.24) is 10.6 Å². The minimum absolute atomic E-state index is 0.0710. The maximum Gasteiger partial charge on any atom is 0.416 e. The van der Waals surface area contributed by atoms with E-state index >= 15 is 0 Å². The summed E-state index contributed by atoms with van der Waals surface area (Å²) in [6.07, 6.45) is -1.67. The van der Waals surface area contributed by atoms with E-state index in [0.29, 0.717) is 25.9 Å². The lowest BCUT2D eigenvalue weighted by molar-refractivity contribution is -0.137. The number of carbonyl (C=O) groups is 2. The lowest BCUT2D eigenvalue weighted by atomic mass is 9.99. The van der Waals surface area contributed by atoms with E-state index in [1.807, 2.05) is 0 Å².